The number of ether oxygens (including phenoxy) is 1. The molecule has 0 spiro atoms. The summed E-state index contributed by atoms with van der Waals surface area (Å²) in [6.07, 6.45) is 0. The van der Waals surface area contributed by atoms with Gasteiger partial charge in [-0.1, -0.05) is 11.8 Å². The van der Waals surface area contributed by atoms with Gasteiger partial charge in [-0.05, 0) is 24.3 Å². The van der Waals surface area contributed by atoms with Crippen molar-refractivity contribution in [1.29, 1.82) is 0 Å². The van der Waals surface area contributed by atoms with Crippen LogP contribution in [0.2, 0.25) is 0 Å². The molecule has 0 unspecified atom stereocenters. The molecule has 0 amide bonds. The monoisotopic (exact) mass is 317 g/mol. The van der Waals surface area contributed by atoms with Gasteiger partial charge in [0.1, 0.15) is 5.75 Å². The number of hydrogen-bond acceptors (Lipinski definition) is 7. The zero-order valence-corrected chi connectivity index (χ0v) is 13.3. The van der Waals surface area contributed by atoms with Crippen LogP contribution in [0.4, 0.5) is 0 Å². The highest BCUT2D eigenvalue weighted by atomic mass is 32.2. The summed E-state index contributed by atoms with van der Waals surface area (Å²) in [6.45, 7) is 1.77. The third-order valence-corrected chi connectivity index (χ3v) is 4.08. The topological polar surface area (TPSA) is 78.9 Å². The van der Waals surface area contributed by atoms with E-state index in [0.717, 1.165) is 22.3 Å². The summed E-state index contributed by atoms with van der Waals surface area (Å²) in [5.74, 6) is 3.32. The molecule has 0 aliphatic rings. The van der Waals surface area contributed by atoms with Gasteiger partial charge in [0.05, 0.1) is 12.9 Å². The van der Waals surface area contributed by atoms with Crippen molar-refractivity contribution in [3.8, 4) is 17.1 Å². The number of aryl methyl sites for hydroxylation is 1. The van der Waals surface area contributed by atoms with Gasteiger partial charge in [-0.2, -0.15) is 0 Å². The van der Waals surface area contributed by atoms with Gasteiger partial charge in [0.2, 0.25) is 11.8 Å². The summed E-state index contributed by atoms with van der Waals surface area (Å²) >= 11 is 1.51. The number of methoxy groups -OCH3 is 1. The third kappa shape index (κ3) is 2.96. The average molecular weight is 317 g/mol. The van der Waals surface area contributed by atoms with Crippen LogP contribution in [-0.4, -0.2) is 32.1 Å². The van der Waals surface area contributed by atoms with E-state index in [1.54, 1.807) is 14.0 Å². The van der Waals surface area contributed by atoms with E-state index in [9.17, 15) is 0 Å². The Hall–Kier alpha value is -2.35. The fourth-order valence-corrected chi connectivity index (χ4v) is 2.70. The van der Waals surface area contributed by atoms with Crippen molar-refractivity contribution in [1.82, 2.24) is 25.0 Å². The minimum Gasteiger partial charge on any atom is -0.497 e. The van der Waals surface area contributed by atoms with Gasteiger partial charge in [0.25, 0.3) is 0 Å². The summed E-state index contributed by atoms with van der Waals surface area (Å²) in [6, 6.07) is 7.72. The molecule has 0 N–H and O–H groups in total. The average Bonchev–Trinajstić information content (AvgIpc) is 3.11. The molecular formula is C14H15N5O2S. The van der Waals surface area contributed by atoms with E-state index >= 15 is 0 Å². The van der Waals surface area contributed by atoms with Crippen LogP contribution in [0.5, 0.6) is 5.75 Å². The van der Waals surface area contributed by atoms with Crippen molar-refractivity contribution >= 4 is 11.8 Å². The second-order valence-electron chi connectivity index (χ2n) is 4.60. The first-order valence-electron chi connectivity index (χ1n) is 6.63. The van der Waals surface area contributed by atoms with E-state index in [1.807, 2.05) is 35.9 Å². The zero-order valence-electron chi connectivity index (χ0n) is 12.5. The maximum absolute atomic E-state index is 5.35. The van der Waals surface area contributed by atoms with Gasteiger partial charge in [0.15, 0.2) is 11.0 Å². The van der Waals surface area contributed by atoms with E-state index < -0.39 is 0 Å². The van der Waals surface area contributed by atoms with Gasteiger partial charge >= 0.3 is 0 Å². The first kappa shape index (κ1) is 14.6. The minimum atomic E-state index is 0.562. The second-order valence-corrected chi connectivity index (χ2v) is 5.54. The molecule has 3 rings (SSSR count). The molecule has 0 radical (unpaired) electrons. The lowest BCUT2D eigenvalue weighted by molar-refractivity contribution is 0.415. The lowest BCUT2D eigenvalue weighted by Crippen LogP contribution is -1.95. The lowest BCUT2D eigenvalue weighted by atomic mass is 10.2. The summed E-state index contributed by atoms with van der Waals surface area (Å²) in [5.41, 5.74) is 0.983. The van der Waals surface area contributed by atoms with Crippen LogP contribution in [0.25, 0.3) is 11.4 Å². The number of thioether (sulfide) groups is 1. The van der Waals surface area contributed by atoms with Gasteiger partial charge < -0.3 is 13.7 Å². The van der Waals surface area contributed by atoms with Crippen molar-refractivity contribution in [2.75, 3.05) is 7.11 Å². The van der Waals surface area contributed by atoms with E-state index in [1.165, 1.54) is 11.8 Å². The third-order valence-electron chi connectivity index (χ3n) is 3.08. The second kappa shape index (κ2) is 6.18. The van der Waals surface area contributed by atoms with Crippen LogP contribution in [0, 0.1) is 6.92 Å². The maximum atomic E-state index is 5.35. The zero-order chi connectivity index (χ0) is 15.5. The van der Waals surface area contributed by atoms with Crippen molar-refractivity contribution < 1.29 is 9.15 Å². The van der Waals surface area contributed by atoms with Crippen molar-refractivity contribution in [3.63, 3.8) is 0 Å². The van der Waals surface area contributed by atoms with Crippen LogP contribution < -0.4 is 4.74 Å². The number of benzene rings is 1. The molecule has 2 aromatic heterocycles. The van der Waals surface area contributed by atoms with Crippen LogP contribution in [-0.2, 0) is 12.8 Å². The predicted octanol–water partition coefficient (Wildman–Crippen LogP) is 2.47. The largest absolute Gasteiger partial charge is 0.497 e. The van der Waals surface area contributed by atoms with E-state index in [0.29, 0.717) is 17.5 Å². The van der Waals surface area contributed by atoms with Crippen molar-refractivity contribution in [2.45, 2.75) is 17.8 Å². The van der Waals surface area contributed by atoms with Crippen LogP contribution >= 0.6 is 11.8 Å². The minimum absolute atomic E-state index is 0.562. The van der Waals surface area contributed by atoms with Gasteiger partial charge in [-0.3, -0.25) is 0 Å². The normalized spacial score (nSPS) is 10.9. The Morgan fingerprint density at radius 1 is 1.14 bits per heavy atom. The number of hydrogen-bond donors (Lipinski definition) is 0. The molecule has 3 aromatic rings. The Morgan fingerprint density at radius 2 is 1.91 bits per heavy atom. The Bertz CT molecular complexity index is 766. The molecule has 8 heteroatoms. The predicted molar refractivity (Wildman–Crippen MR) is 81.6 cm³/mol. The number of aromatic nitrogens is 5. The molecule has 0 atom stereocenters. The summed E-state index contributed by atoms with van der Waals surface area (Å²) in [4.78, 5) is 0. The van der Waals surface area contributed by atoms with Crippen molar-refractivity contribution in [2.24, 2.45) is 7.05 Å². The molecule has 2 heterocycles. The molecular weight excluding hydrogens is 302 g/mol. The Kier molecular flexibility index (Phi) is 4.10. The Balaban J connectivity index is 1.76. The molecule has 7 nitrogen and oxygen atoms in total. The van der Waals surface area contributed by atoms with Gasteiger partial charge in [-0.25, -0.2) is 0 Å². The molecule has 0 aliphatic carbocycles. The lowest BCUT2D eigenvalue weighted by Gasteiger charge is -2.04. The van der Waals surface area contributed by atoms with Crippen LogP contribution in [0.1, 0.15) is 11.8 Å². The fourth-order valence-electron chi connectivity index (χ4n) is 1.95. The van der Waals surface area contributed by atoms with E-state index in [4.69, 9.17) is 9.15 Å². The maximum Gasteiger partial charge on any atom is 0.226 e. The standard InChI is InChI=1S/C14H15N5O2S/c1-9-15-16-12(21-9)8-22-14-18-17-13(19(14)2)10-4-6-11(20-3)7-5-10/h4-7H,8H2,1-3H3. The number of nitrogens with zero attached hydrogens (tertiary/aromatic N) is 5. The van der Waals surface area contributed by atoms with E-state index in [2.05, 4.69) is 20.4 Å². The molecule has 114 valence electrons. The van der Waals surface area contributed by atoms with Gasteiger partial charge in [-0.15, -0.1) is 20.4 Å². The fraction of sp³-hybridized carbons (Fsp3) is 0.286. The first-order chi connectivity index (χ1) is 10.7. The highest BCUT2D eigenvalue weighted by Crippen LogP contribution is 2.26. The van der Waals surface area contributed by atoms with E-state index in [-0.39, 0.29) is 0 Å². The molecule has 0 fully saturated rings. The highest BCUT2D eigenvalue weighted by Gasteiger charge is 2.13. The highest BCUT2D eigenvalue weighted by molar-refractivity contribution is 7.98. The molecule has 22 heavy (non-hydrogen) atoms. The first-order valence-corrected chi connectivity index (χ1v) is 7.61. The molecule has 0 aliphatic heterocycles. The Morgan fingerprint density at radius 3 is 2.55 bits per heavy atom. The SMILES string of the molecule is COc1ccc(-c2nnc(SCc3nnc(C)o3)n2C)cc1. The summed E-state index contributed by atoms with van der Waals surface area (Å²) in [7, 11) is 3.58. The summed E-state index contributed by atoms with van der Waals surface area (Å²) in [5, 5.41) is 17.0. The molecule has 0 saturated heterocycles. The molecule has 0 saturated carbocycles. The van der Waals surface area contributed by atoms with Crippen molar-refractivity contribution in [3.05, 3.63) is 36.0 Å². The smallest absolute Gasteiger partial charge is 0.226 e. The molecule has 1 aromatic carbocycles. The van der Waals surface area contributed by atoms with Gasteiger partial charge in [0, 0.05) is 19.5 Å². The summed E-state index contributed by atoms with van der Waals surface area (Å²) < 4.78 is 12.4. The number of rotatable bonds is 5. The Labute approximate surface area is 131 Å². The molecule has 0 bridgehead atoms. The van der Waals surface area contributed by atoms with Crippen LogP contribution in [0.3, 0.4) is 0 Å². The van der Waals surface area contributed by atoms with Crippen LogP contribution in [0.15, 0.2) is 33.8 Å². The quantitative estimate of drug-likeness (QED) is 0.669.